The van der Waals surface area contributed by atoms with Crippen molar-refractivity contribution in [1.82, 2.24) is 3.89 Å². The Labute approximate surface area is 218 Å². The molecule has 3 amide bonds. The molecule has 1 aliphatic heterocycles. The number of para-hydroxylation sites is 1. The Morgan fingerprint density at radius 3 is 2.39 bits per heavy atom. The maximum atomic E-state index is 15.0. The van der Waals surface area contributed by atoms with Crippen molar-refractivity contribution in [3.05, 3.63) is 77.1 Å². The molecule has 10 nitrogen and oxygen atoms in total. The third-order valence-corrected chi connectivity index (χ3v) is 8.46. The lowest BCUT2D eigenvalue weighted by molar-refractivity contribution is -0.123. The number of urea groups is 1. The second-order valence-electron chi connectivity index (χ2n) is 8.18. The van der Waals surface area contributed by atoms with E-state index in [4.69, 9.17) is 19.9 Å². The number of rotatable bonds is 7. The van der Waals surface area contributed by atoms with Gasteiger partial charge in [0.25, 0.3) is 0 Å². The number of amides is 3. The number of quaternary nitrogens is 1. The monoisotopic (exact) mass is 540 g/mol. The van der Waals surface area contributed by atoms with Gasteiger partial charge >= 0.3 is 22.0 Å². The summed E-state index contributed by atoms with van der Waals surface area (Å²) >= 11 is 0. The maximum absolute atomic E-state index is 15.0. The van der Waals surface area contributed by atoms with Gasteiger partial charge in [-0.15, -0.1) is 0 Å². The number of ether oxygens (including phenoxy) is 3. The number of sulfonamides is 1. The minimum atomic E-state index is -5.09. The third kappa shape index (κ3) is 3.67. The van der Waals surface area contributed by atoms with Gasteiger partial charge in [-0.25, -0.2) is 14.0 Å². The van der Waals surface area contributed by atoms with Gasteiger partial charge in [-0.05, 0) is 35.1 Å². The van der Waals surface area contributed by atoms with Gasteiger partial charge in [0, 0.05) is 23.3 Å². The summed E-state index contributed by atoms with van der Waals surface area (Å²) in [6.45, 7) is 1.93. The van der Waals surface area contributed by atoms with Gasteiger partial charge in [0.05, 0.1) is 26.4 Å². The van der Waals surface area contributed by atoms with E-state index < -0.39 is 53.7 Å². The summed E-state index contributed by atoms with van der Waals surface area (Å²) in [6, 6.07) is 11.8. The van der Waals surface area contributed by atoms with Crippen LogP contribution in [0.2, 0.25) is 0 Å². The molecule has 0 bridgehead atoms. The zero-order chi connectivity index (χ0) is 27.8. The molecule has 196 valence electrons. The molecule has 2 N–H and O–H groups in total. The van der Waals surface area contributed by atoms with Crippen LogP contribution in [0.4, 0.5) is 14.9 Å². The number of imide groups is 1. The fourth-order valence-electron chi connectivity index (χ4n) is 4.64. The summed E-state index contributed by atoms with van der Waals surface area (Å²) in [5.74, 6) is -3.50. The van der Waals surface area contributed by atoms with E-state index in [-0.39, 0.29) is 35.0 Å². The highest BCUT2D eigenvalue weighted by molar-refractivity contribution is 7.92. The number of fused-ring (bicyclic) bond motifs is 1. The Morgan fingerprint density at radius 1 is 1.08 bits per heavy atom. The van der Waals surface area contributed by atoms with Gasteiger partial charge in [0.1, 0.15) is 35.1 Å². The minimum absolute atomic E-state index is 0.0741. The quantitative estimate of drug-likeness (QED) is 0.448. The highest BCUT2D eigenvalue weighted by atomic mass is 32.2. The number of nitriles is 1. The molecule has 0 aliphatic carbocycles. The molecule has 12 heteroatoms. The zero-order valence-electron chi connectivity index (χ0n) is 20.6. The first-order valence-electron chi connectivity index (χ1n) is 11.3. The molecular weight excluding hydrogens is 517 g/mol. The summed E-state index contributed by atoms with van der Waals surface area (Å²) in [5, 5.41) is 9.46. The van der Waals surface area contributed by atoms with Crippen LogP contribution in [0, 0.1) is 17.1 Å². The summed E-state index contributed by atoms with van der Waals surface area (Å²) in [6.07, 6.45) is 0. The zero-order valence-corrected chi connectivity index (χ0v) is 21.4. The van der Waals surface area contributed by atoms with Crippen LogP contribution in [0.1, 0.15) is 29.5 Å². The molecule has 1 heterocycles. The van der Waals surface area contributed by atoms with E-state index >= 15 is 0 Å². The van der Waals surface area contributed by atoms with E-state index in [1.807, 2.05) is 0 Å². The Balaban J connectivity index is 2.13. The van der Waals surface area contributed by atoms with Crippen LogP contribution < -0.4 is 23.8 Å². The van der Waals surface area contributed by atoms with Crippen molar-refractivity contribution in [2.24, 2.45) is 5.73 Å². The second kappa shape index (κ2) is 9.77. The third-order valence-electron chi connectivity index (χ3n) is 6.29. The lowest BCUT2D eigenvalue weighted by Crippen LogP contribution is -2.63. The van der Waals surface area contributed by atoms with Crippen LogP contribution in [0.3, 0.4) is 0 Å². The SMILES string of the molecule is CCOc1ccccc1C1C(=O)[N+](C(N)=O)(S(=O)(=O)c2ccc(OC)cc2OC)c2cc(F)c(C#N)cc21. The molecule has 3 aromatic carbocycles. The first-order valence-corrected chi connectivity index (χ1v) is 12.7. The minimum Gasteiger partial charge on any atom is -0.497 e. The Hall–Kier alpha value is -4.47. The smallest absolute Gasteiger partial charge is 0.442 e. The number of carbonyl (C=O) groups is 2. The summed E-state index contributed by atoms with van der Waals surface area (Å²) in [7, 11) is -2.54. The van der Waals surface area contributed by atoms with Gasteiger partial charge in [-0.3, -0.25) is 0 Å². The van der Waals surface area contributed by atoms with Crippen molar-refractivity contribution in [2.75, 3.05) is 20.8 Å². The highest BCUT2D eigenvalue weighted by Crippen LogP contribution is 2.52. The van der Waals surface area contributed by atoms with Crippen LogP contribution in [0.5, 0.6) is 17.2 Å². The predicted molar refractivity (Wildman–Crippen MR) is 134 cm³/mol. The fourth-order valence-corrected chi connectivity index (χ4v) is 6.57. The molecule has 4 rings (SSSR count). The van der Waals surface area contributed by atoms with E-state index in [9.17, 15) is 27.7 Å². The van der Waals surface area contributed by atoms with Gasteiger partial charge in [-0.2, -0.15) is 13.7 Å². The van der Waals surface area contributed by atoms with Gasteiger partial charge in [-0.1, -0.05) is 18.2 Å². The number of hydrogen-bond acceptors (Lipinski definition) is 8. The maximum Gasteiger partial charge on any atom is 0.442 e. The fraction of sp³-hybridized carbons (Fsp3) is 0.192. The number of nitrogens with two attached hydrogens (primary N) is 1. The molecule has 38 heavy (non-hydrogen) atoms. The van der Waals surface area contributed by atoms with Crippen LogP contribution in [0.25, 0.3) is 0 Å². The van der Waals surface area contributed by atoms with Gasteiger partial charge in [0.2, 0.25) is 0 Å². The molecule has 3 aromatic rings. The van der Waals surface area contributed by atoms with Crippen LogP contribution in [-0.4, -0.2) is 41.2 Å². The summed E-state index contributed by atoms with van der Waals surface area (Å²) in [5.41, 5.74) is 4.88. The molecule has 0 saturated carbocycles. The van der Waals surface area contributed by atoms with Crippen molar-refractivity contribution >= 4 is 27.6 Å². The lowest BCUT2D eigenvalue weighted by atomic mass is 9.91. The number of primary amides is 1. The first kappa shape index (κ1) is 26.6. The average molecular weight is 541 g/mol. The van der Waals surface area contributed by atoms with Crippen LogP contribution in [0.15, 0.2) is 59.5 Å². The van der Waals surface area contributed by atoms with E-state index in [0.29, 0.717) is 6.07 Å². The first-order chi connectivity index (χ1) is 18.1. The lowest BCUT2D eigenvalue weighted by Gasteiger charge is -2.27. The van der Waals surface area contributed by atoms with Crippen molar-refractivity contribution in [3.63, 3.8) is 0 Å². The number of hydrogen-bond donors (Lipinski definition) is 1. The second-order valence-corrected chi connectivity index (χ2v) is 10.1. The Kier molecular flexibility index (Phi) is 6.84. The summed E-state index contributed by atoms with van der Waals surface area (Å²) in [4.78, 5) is 27.0. The van der Waals surface area contributed by atoms with Gasteiger partial charge < -0.3 is 19.9 Å². The number of nitrogens with zero attached hydrogens (tertiary/aromatic N) is 2. The topological polar surface area (TPSA) is 146 Å². The van der Waals surface area contributed by atoms with Crippen molar-refractivity contribution in [1.29, 1.82) is 5.26 Å². The molecular formula is C26H23FN3O7S+. The van der Waals surface area contributed by atoms with E-state index in [0.717, 1.165) is 12.1 Å². The van der Waals surface area contributed by atoms with Crippen molar-refractivity contribution in [2.45, 2.75) is 17.7 Å². The molecule has 0 aromatic heterocycles. The van der Waals surface area contributed by atoms with Crippen molar-refractivity contribution in [3.8, 4) is 23.3 Å². The standard InChI is InChI=1S/C26H22FN3O7S/c1-4-37-21-8-6-5-7-17(21)24-18-11-15(14-28)19(27)13-20(18)30(25(24)31,26(29)32)38(33,34)23-10-9-16(35-2)12-22(23)36-3/h5-13,24H,4H2,1-3H3,(H-,29,32)/p+1. The van der Waals surface area contributed by atoms with Crippen LogP contribution >= 0.6 is 0 Å². The molecule has 0 spiro atoms. The molecule has 2 atom stereocenters. The normalized spacial score (nSPS) is 18.4. The molecule has 2 unspecified atom stereocenters. The number of methoxy groups -OCH3 is 2. The number of benzene rings is 3. The van der Waals surface area contributed by atoms with E-state index in [1.165, 1.54) is 32.4 Å². The molecule has 0 saturated heterocycles. The Bertz CT molecular complexity index is 1620. The predicted octanol–water partition coefficient (Wildman–Crippen LogP) is 3.56. The van der Waals surface area contributed by atoms with Crippen LogP contribution in [-0.2, 0) is 14.8 Å². The average Bonchev–Trinajstić information content (AvgIpc) is 3.16. The van der Waals surface area contributed by atoms with E-state index in [1.54, 1.807) is 31.2 Å². The molecule has 1 aliphatic rings. The molecule has 0 radical (unpaired) electrons. The van der Waals surface area contributed by atoms with Gasteiger partial charge in [0.15, 0.2) is 10.6 Å². The Morgan fingerprint density at radius 2 is 1.79 bits per heavy atom. The van der Waals surface area contributed by atoms with E-state index in [2.05, 4.69) is 0 Å². The molecule has 0 fully saturated rings. The van der Waals surface area contributed by atoms with Crippen molar-refractivity contribution < 1.29 is 36.6 Å². The number of halogens is 1. The summed E-state index contributed by atoms with van der Waals surface area (Å²) < 4.78 is 57.6. The number of carbonyl (C=O) groups excluding carboxylic acids is 2. The largest absolute Gasteiger partial charge is 0.497 e. The highest BCUT2D eigenvalue weighted by Gasteiger charge is 2.67.